The summed E-state index contributed by atoms with van der Waals surface area (Å²) >= 11 is 0. The van der Waals surface area contributed by atoms with Crippen molar-refractivity contribution in [2.75, 3.05) is 13.6 Å². The molecule has 0 bridgehead atoms. The molecule has 0 spiro atoms. The highest BCUT2D eigenvalue weighted by atomic mass is 16.5. The lowest BCUT2D eigenvalue weighted by Gasteiger charge is -2.24. The molecule has 2 unspecified atom stereocenters. The Morgan fingerprint density at radius 3 is 2.53 bits per heavy atom. The van der Waals surface area contributed by atoms with Crippen molar-refractivity contribution < 1.29 is 4.74 Å². The van der Waals surface area contributed by atoms with Crippen LogP contribution in [0.5, 0.6) is 0 Å². The van der Waals surface area contributed by atoms with E-state index in [-0.39, 0.29) is 5.60 Å². The fourth-order valence-electron chi connectivity index (χ4n) is 2.98. The minimum Gasteiger partial charge on any atom is -0.372 e. The topological polar surface area (TPSA) is 21.3 Å². The molecule has 1 aliphatic heterocycles. The van der Waals surface area contributed by atoms with Gasteiger partial charge in [-0.25, -0.2) is 0 Å². The van der Waals surface area contributed by atoms with Crippen LogP contribution in [-0.4, -0.2) is 25.3 Å². The summed E-state index contributed by atoms with van der Waals surface area (Å²) < 4.78 is 6.14. The predicted octanol–water partition coefficient (Wildman–Crippen LogP) is 3.65. The molecule has 2 atom stereocenters. The summed E-state index contributed by atoms with van der Waals surface area (Å²) in [4.78, 5) is 0. The molecule has 1 N–H and O–H groups in total. The SMILES string of the molecule is CNCC(CC1CCC(C)(C)O1)c1ccc(C)cc1. The van der Waals surface area contributed by atoms with Crippen LogP contribution in [-0.2, 0) is 4.74 Å². The van der Waals surface area contributed by atoms with Crippen molar-refractivity contribution in [3.8, 4) is 0 Å². The molecule has 1 fully saturated rings. The van der Waals surface area contributed by atoms with Crippen LogP contribution >= 0.6 is 0 Å². The average molecular weight is 261 g/mol. The molecule has 2 rings (SSSR count). The Hall–Kier alpha value is -0.860. The van der Waals surface area contributed by atoms with Crippen molar-refractivity contribution in [2.24, 2.45) is 0 Å². The van der Waals surface area contributed by atoms with Gasteiger partial charge in [0.25, 0.3) is 0 Å². The first-order valence-corrected chi connectivity index (χ1v) is 7.39. The van der Waals surface area contributed by atoms with Gasteiger partial charge in [0.15, 0.2) is 0 Å². The fourth-order valence-corrected chi connectivity index (χ4v) is 2.98. The van der Waals surface area contributed by atoms with Crippen LogP contribution in [0.4, 0.5) is 0 Å². The van der Waals surface area contributed by atoms with Crippen molar-refractivity contribution in [1.82, 2.24) is 5.32 Å². The summed E-state index contributed by atoms with van der Waals surface area (Å²) in [6, 6.07) is 8.93. The molecule has 106 valence electrons. The number of aryl methyl sites for hydroxylation is 1. The molecule has 1 heterocycles. The molecular weight excluding hydrogens is 234 g/mol. The van der Waals surface area contributed by atoms with E-state index >= 15 is 0 Å². The smallest absolute Gasteiger partial charge is 0.0631 e. The van der Waals surface area contributed by atoms with Crippen molar-refractivity contribution in [2.45, 2.75) is 57.7 Å². The Balaban J connectivity index is 2.02. The number of rotatable bonds is 5. The maximum absolute atomic E-state index is 6.14. The van der Waals surface area contributed by atoms with Crippen molar-refractivity contribution in [3.05, 3.63) is 35.4 Å². The van der Waals surface area contributed by atoms with Crippen LogP contribution in [0.3, 0.4) is 0 Å². The third-order valence-corrected chi connectivity index (χ3v) is 4.10. The first-order chi connectivity index (χ1) is 9.00. The molecule has 19 heavy (non-hydrogen) atoms. The van der Waals surface area contributed by atoms with Gasteiger partial charge in [0.05, 0.1) is 11.7 Å². The van der Waals surface area contributed by atoms with Gasteiger partial charge in [-0.3, -0.25) is 0 Å². The predicted molar refractivity (Wildman–Crippen MR) is 80.6 cm³/mol. The molecule has 0 aromatic heterocycles. The third-order valence-electron chi connectivity index (χ3n) is 4.10. The summed E-state index contributed by atoms with van der Waals surface area (Å²) in [6.45, 7) is 7.56. The van der Waals surface area contributed by atoms with Crippen LogP contribution in [0.15, 0.2) is 24.3 Å². The Bertz CT molecular complexity index is 396. The zero-order chi connectivity index (χ0) is 13.9. The van der Waals surface area contributed by atoms with Gasteiger partial charge < -0.3 is 10.1 Å². The standard InChI is InChI=1S/C17H27NO/c1-13-5-7-14(8-6-13)15(12-18-4)11-16-9-10-17(2,3)19-16/h5-8,15-16,18H,9-12H2,1-4H3. The molecule has 1 aromatic carbocycles. The lowest BCUT2D eigenvalue weighted by atomic mass is 9.91. The van der Waals surface area contributed by atoms with Gasteiger partial charge in [-0.05, 0) is 58.6 Å². The van der Waals surface area contributed by atoms with Gasteiger partial charge in [-0.1, -0.05) is 29.8 Å². The molecule has 0 amide bonds. The van der Waals surface area contributed by atoms with Crippen molar-refractivity contribution in [1.29, 1.82) is 0 Å². The van der Waals surface area contributed by atoms with Crippen LogP contribution in [0.25, 0.3) is 0 Å². The van der Waals surface area contributed by atoms with Gasteiger partial charge in [0.2, 0.25) is 0 Å². The van der Waals surface area contributed by atoms with E-state index in [1.54, 1.807) is 0 Å². The van der Waals surface area contributed by atoms with E-state index in [0.29, 0.717) is 12.0 Å². The molecule has 0 radical (unpaired) electrons. The van der Waals surface area contributed by atoms with Gasteiger partial charge in [-0.15, -0.1) is 0 Å². The second-order valence-corrected chi connectivity index (χ2v) is 6.44. The second kappa shape index (κ2) is 6.06. The van der Waals surface area contributed by atoms with E-state index < -0.39 is 0 Å². The molecular formula is C17H27NO. The molecule has 0 saturated carbocycles. The molecule has 2 nitrogen and oxygen atoms in total. The van der Waals surface area contributed by atoms with E-state index in [1.165, 1.54) is 24.0 Å². The first-order valence-electron chi connectivity index (χ1n) is 7.39. The Labute approximate surface area is 117 Å². The monoisotopic (exact) mass is 261 g/mol. The van der Waals surface area contributed by atoms with Gasteiger partial charge >= 0.3 is 0 Å². The van der Waals surface area contributed by atoms with Crippen LogP contribution < -0.4 is 5.32 Å². The Morgan fingerprint density at radius 2 is 2.00 bits per heavy atom. The number of benzene rings is 1. The highest BCUT2D eigenvalue weighted by Gasteiger charge is 2.33. The second-order valence-electron chi connectivity index (χ2n) is 6.44. The van der Waals surface area contributed by atoms with E-state index in [1.807, 2.05) is 7.05 Å². The lowest BCUT2D eigenvalue weighted by molar-refractivity contribution is -0.0208. The van der Waals surface area contributed by atoms with E-state index in [2.05, 4.69) is 50.4 Å². The minimum absolute atomic E-state index is 0.0716. The maximum Gasteiger partial charge on any atom is 0.0631 e. The molecule has 1 aliphatic rings. The highest BCUT2D eigenvalue weighted by molar-refractivity contribution is 5.25. The molecule has 1 aromatic rings. The normalized spacial score (nSPS) is 23.5. The van der Waals surface area contributed by atoms with Gasteiger partial charge in [0, 0.05) is 6.54 Å². The third kappa shape index (κ3) is 4.05. The van der Waals surface area contributed by atoms with Crippen LogP contribution in [0, 0.1) is 6.92 Å². The van der Waals surface area contributed by atoms with E-state index in [0.717, 1.165) is 13.0 Å². The molecule has 2 heteroatoms. The zero-order valence-electron chi connectivity index (χ0n) is 12.7. The minimum atomic E-state index is 0.0716. The molecule has 0 aliphatic carbocycles. The van der Waals surface area contributed by atoms with E-state index in [9.17, 15) is 0 Å². The van der Waals surface area contributed by atoms with Crippen molar-refractivity contribution in [3.63, 3.8) is 0 Å². The number of ether oxygens (including phenoxy) is 1. The summed E-state index contributed by atoms with van der Waals surface area (Å²) in [7, 11) is 2.03. The lowest BCUT2D eigenvalue weighted by Crippen LogP contribution is -2.24. The van der Waals surface area contributed by atoms with E-state index in [4.69, 9.17) is 4.74 Å². The number of nitrogens with one attached hydrogen (secondary N) is 1. The first kappa shape index (κ1) is 14.5. The molecule has 1 saturated heterocycles. The summed E-state index contributed by atoms with van der Waals surface area (Å²) in [6.07, 6.45) is 3.90. The number of hydrogen-bond donors (Lipinski definition) is 1. The van der Waals surface area contributed by atoms with Gasteiger partial charge in [-0.2, -0.15) is 0 Å². The average Bonchev–Trinajstić information content (AvgIpc) is 2.69. The van der Waals surface area contributed by atoms with Gasteiger partial charge in [0.1, 0.15) is 0 Å². The van der Waals surface area contributed by atoms with Crippen LogP contribution in [0.1, 0.15) is 50.2 Å². The summed E-state index contributed by atoms with van der Waals surface area (Å²) in [5, 5.41) is 3.32. The highest BCUT2D eigenvalue weighted by Crippen LogP contribution is 2.34. The fraction of sp³-hybridized carbons (Fsp3) is 0.647. The number of hydrogen-bond acceptors (Lipinski definition) is 2. The Morgan fingerprint density at radius 1 is 1.32 bits per heavy atom. The Kier molecular flexibility index (Phi) is 4.64. The zero-order valence-corrected chi connectivity index (χ0v) is 12.7. The quantitative estimate of drug-likeness (QED) is 0.873. The number of likely N-dealkylation sites (N-methyl/N-ethyl adjacent to an activating group) is 1. The van der Waals surface area contributed by atoms with Crippen LogP contribution in [0.2, 0.25) is 0 Å². The van der Waals surface area contributed by atoms with Crippen molar-refractivity contribution >= 4 is 0 Å². The summed E-state index contributed by atoms with van der Waals surface area (Å²) in [5.74, 6) is 0.546. The maximum atomic E-state index is 6.14. The largest absolute Gasteiger partial charge is 0.372 e. The summed E-state index contributed by atoms with van der Waals surface area (Å²) in [5.41, 5.74) is 2.82.